The molecule has 0 fully saturated rings. The Hall–Kier alpha value is -5.24. The molecule has 8 heteroatoms. The van der Waals surface area contributed by atoms with E-state index in [2.05, 4.69) is 0 Å². The van der Waals surface area contributed by atoms with Crippen molar-refractivity contribution in [3.05, 3.63) is 107 Å². The van der Waals surface area contributed by atoms with Crippen LogP contribution in [0.5, 0.6) is 0 Å². The Kier molecular flexibility index (Phi) is 6.34. The van der Waals surface area contributed by atoms with E-state index in [-0.39, 0.29) is 33.4 Å². The van der Waals surface area contributed by atoms with Gasteiger partial charge in [0.05, 0.1) is 22.3 Å². The molecule has 4 rings (SSSR count). The summed E-state index contributed by atoms with van der Waals surface area (Å²) in [5.41, 5.74) is 0.689. The average Bonchev–Trinajstić information content (AvgIpc) is 2.87. The van der Waals surface area contributed by atoms with Gasteiger partial charge in [0, 0.05) is 0 Å². The summed E-state index contributed by atoms with van der Waals surface area (Å²) in [5.74, 6) is -5.59. The fourth-order valence-corrected chi connectivity index (χ4v) is 4.28. The van der Waals surface area contributed by atoms with Crippen LogP contribution in [0.1, 0.15) is 41.4 Å². The molecule has 0 bridgehead atoms. The van der Waals surface area contributed by atoms with Gasteiger partial charge in [0.25, 0.3) is 0 Å². The molecule has 4 aromatic carbocycles. The standard InChI is InChI=1S/C28H18O8/c29-25(30)21-13-5-11-19(23(21)27(33)34)17-9-3-1-7-15(17)16-8-2-4-10-18(16)20-12-6-14-22(26(31)32)24(20)28(35)36/h1-14H,(H,29,30)(H,31,32)(H,33,34)(H,35,36). The van der Waals surface area contributed by atoms with Gasteiger partial charge in [0.1, 0.15) is 0 Å². The van der Waals surface area contributed by atoms with Crippen LogP contribution < -0.4 is 0 Å². The van der Waals surface area contributed by atoms with Crippen LogP contribution in [0, 0.1) is 0 Å². The summed E-state index contributed by atoms with van der Waals surface area (Å²) in [4.78, 5) is 47.6. The van der Waals surface area contributed by atoms with Crippen LogP contribution in [0.25, 0.3) is 33.4 Å². The van der Waals surface area contributed by atoms with Gasteiger partial charge in [0.15, 0.2) is 0 Å². The fourth-order valence-electron chi connectivity index (χ4n) is 4.28. The predicted molar refractivity (Wildman–Crippen MR) is 131 cm³/mol. The van der Waals surface area contributed by atoms with Gasteiger partial charge in [-0.15, -0.1) is 0 Å². The average molecular weight is 482 g/mol. The van der Waals surface area contributed by atoms with Crippen molar-refractivity contribution in [3.63, 3.8) is 0 Å². The molecule has 0 spiro atoms. The first-order valence-corrected chi connectivity index (χ1v) is 10.6. The van der Waals surface area contributed by atoms with Crippen molar-refractivity contribution in [1.29, 1.82) is 0 Å². The molecule has 0 aliphatic heterocycles. The normalized spacial score (nSPS) is 10.6. The lowest BCUT2D eigenvalue weighted by atomic mass is 9.85. The number of carboxylic acids is 4. The molecule has 0 radical (unpaired) electrons. The van der Waals surface area contributed by atoms with E-state index in [1.807, 2.05) is 0 Å². The van der Waals surface area contributed by atoms with Crippen LogP contribution in [-0.4, -0.2) is 44.3 Å². The van der Waals surface area contributed by atoms with Gasteiger partial charge in [-0.25, -0.2) is 19.2 Å². The second-order valence-electron chi connectivity index (χ2n) is 7.77. The summed E-state index contributed by atoms with van der Waals surface area (Å²) in [7, 11) is 0. The Labute approximate surface area is 204 Å². The Morgan fingerprint density at radius 2 is 0.639 bits per heavy atom. The number of carboxylic acid groups (broad SMARTS) is 4. The lowest BCUT2D eigenvalue weighted by Crippen LogP contribution is -2.10. The van der Waals surface area contributed by atoms with E-state index in [1.165, 1.54) is 36.4 Å². The quantitative estimate of drug-likeness (QED) is 0.270. The molecule has 0 unspecified atom stereocenters. The third-order valence-electron chi connectivity index (χ3n) is 5.74. The number of rotatable bonds is 7. The van der Waals surface area contributed by atoms with E-state index in [0.717, 1.165) is 0 Å². The minimum Gasteiger partial charge on any atom is -0.478 e. The van der Waals surface area contributed by atoms with Gasteiger partial charge in [-0.05, 0) is 45.5 Å². The van der Waals surface area contributed by atoms with Crippen molar-refractivity contribution >= 4 is 23.9 Å². The number of benzene rings is 4. The number of hydrogen-bond acceptors (Lipinski definition) is 4. The second-order valence-corrected chi connectivity index (χ2v) is 7.77. The largest absolute Gasteiger partial charge is 0.478 e. The van der Waals surface area contributed by atoms with Crippen molar-refractivity contribution in [3.8, 4) is 33.4 Å². The molecular weight excluding hydrogens is 464 g/mol. The minimum atomic E-state index is -1.41. The van der Waals surface area contributed by atoms with Crippen molar-refractivity contribution in [2.24, 2.45) is 0 Å². The molecule has 4 aromatic rings. The highest BCUT2D eigenvalue weighted by atomic mass is 16.4. The van der Waals surface area contributed by atoms with Crippen molar-refractivity contribution < 1.29 is 39.6 Å². The zero-order valence-corrected chi connectivity index (χ0v) is 18.5. The molecule has 178 valence electrons. The molecule has 8 nitrogen and oxygen atoms in total. The molecule has 4 N–H and O–H groups in total. The summed E-state index contributed by atoms with van der Waals surface area (Å²) in [6.45, 7) is 0. The molecule has 0 saturated carbocycles. The van der Waals surface area contributed by atoms with Crippen LogP contribution in [0.2, 0.25) is 0 Å². The Morgan fingerprint density at radius 1 is 0.361 bits per heavy atom. The van der Waals surface area contributed by atoms with E-state index >= 15 is 0 Å². The minimum absolute atomic E-state index is 0.172. The van der Waals surface area contributed by atoms with Crippen molar-refractivity contribution in [2.75, 3.05) is 0 Å². The van der Waals surface area contributed by atoms with Gasteiger partial charge < -0.3 is 20.4 Å². The van der Waals surface area contributed by atoms with E-state index in [9.17, 15) is 39.6 Å². The maximum atomic E-state index is 12.1. The molecule has 0 aromatic heterocycles. The molecule has 0 amide bonds. The topological polar surface area (TPSA) is 149 Å². The number of aromatic carboxylic acids is 4. The van der Waals surface area contributed by atoms with E-state index in [4.69, 9.17) is 0 Å². The third kappa shape index (κ3) is 4.19. The fraction of sp³-hybridized carbons (Fsp3) is 0. The molecule has 0 atom stereocenters. The number of hydrogen-bond donors (Lipinski definition) is 4. The van der Waals surface area contributed by atoms with Crippen LogP contribution in [0.15, 0.2) is 84.9 Å². The summed E-state index contributed by atoms with van der Waals surface area (Å²) in [5, 5.41) is 38.8. The highest BCUT2D eigenvalue weighted by Crippen LogP contribution is 2.41. The second kappa shape index (κ2) is 9.55. The maximum Gasteiger partial charge on any atom is 0.337 e. The van der Waals surface area contributed by atoms with Crippen LogP contribution >= 0.6 is 0 Å². The molecule has 0 saturated heterocycles. The van der Waals surface area contributed by atoms with Crippen LogP contribution in [0.4, 0.5) is 0 Å². The van der Waals surface area contributed by atoms with Crippen LogP contribution in [-0.2, 0) is 0 Å². The zero-order valence-electron chi connectivity index (χ0n) is 18.5. The highest BCUT2D eigenvalue weighted by Gasteiger charge is 2.25. The Morgan fingerprint density at radius 3 is 0.917 bits per heavy atom. The molecule has 0 aliphatic carbocycles. The van der Waals surface area contributed by atoms with Gasteiger partial charge in [-0.2, -0.15) is 0 Å². The van der Waals surface area contributed by atoms with E-state index in [0.29, 0.717) is 22.3 Å². The lowest BCUT2D eigenvalue weighted by Gasteiger charge is -2.18. The molecule has 0 aliphatic rings. The summed E-state index contributed by atoms with van der Waals surface area (Å²) in [6, 6.07) is 21.8. The predicted octanol–water partition coefficient (Wildman–Crippen LogP) is 5.48. The summed E-state index contributed by atoms with van der Waals surface area (Å²) in [6.07, 6.45) is 0. The van der Waals surface area contributed by atoms with Gasteiger partial charge in [-0.3, -0.25) is 0 Å². The lowest BCUT2D eigenvalue weighted by molar-refractivity contribution is 0.0652. The zero-order chi connectivity index (χ0) is 26.0. The molecule has 0 heterocycles. The van der Waals surface area contributed by atoms with Crippen molar-refractivity contribution in [1.82, 2.24) is 0 Å². The van der Waals surface area contributed by atoms with Crippen LogP contribution in [0.3, 0.4) is 0 Å². The number of carbonyl (C=O) groups is 4. The summed E-state index contributed by atoms with van der Waals surface area (Å²) < 4.78 is 0. The SMILES string of the molecule is O=C(O)c1cccc(-c2ccccc2-c2ccccc2-c2cccc(C(=O)O)c2C(=O)O)c1C(=O)O. The first-order valence-electron chi connectivity index (χ1n) is 10.6. The highest BCUT2D eigenvalue weighted by molar-refractivity contribution is 6.10. The molecular formula is C28H18O8. The Bertz CT molecular complexity index is 1430. The van der Waals surface area contributed by atoms with E-state index < -0.39 is 23.9 Å². The third-order valence-corrected chi connectivity index (χ3v) is 5.74. The maximum absolute atomic E-state index is 12.1. The monoisotopic (exact) mass is 482 g/mol. The molecule has 36 heavy (non-hydrogen) atoms. The van der Waals surface area contributed by atoms with Gasteiger partial charge in [-0.1, -0.05) is 72.8 Å². The first kappa shape index (κ1) is 23.9. The van der Waals surface area contributed by atoms with E-state index in [1.54, 1.807) is 48.5 Å². The summed E-state index contributed by atoms with van der Waals surface area (Å²) >= 11 is 0. The Balaban J connectivity index is 2.05. The van der Waals surface area contributed by atoms with Crippen molar-refractivity contribution in [2.45, 2.75) is 0 Å². The van der Waals surface area contributed by atoms with Gasteiger partial charge >= 0.3 is 23.9 Å². The smallest absolute Gasteiger partial charge is 0.337 e. The first-order chi connectivity index (χ1) is 17.2. The van der Waals surface area contributed by atoms with Gasteiger partial charge in [0.2, 0.25) is 0 Å².